The van der Waals surface area contributed by atoms with Crippen LogP contribution in [0.2, 0.25) is 10.0 Å². The minimum absolute atomic E-state index is 0.142. The molecule has 0 atom stereocenters. The van der Waals surface area contributed by atoms with E-state index in [0.717, 1.165) is 0 Å². The number of piperazine rings is 1. The number of nitrogens with zero attached hydrogens (tertiary/aromatic N) is 2. The Hall–Kier alpha value is -1.59. The maximum absolute atomic E-state index is 12.1. The van der Waals surface area contributed by atoms with Gasteiger partial charge in [-0.05, 0) is 18.2 Å². The van der Waals surface area contributed by atoms with Gasteiger partial charge in [-0.3, -0.25) is 14.4 Å². The normalized spacial score (nSPS) is 15.8. The molecule has 7 heteroatoms. The Bertz CT molecular complexity index is 589. The summed E-state index contributed by atoms with van der Waals surface area (Å²) in [5.41, 5.74) is 0.360. The van der Waals surface area contributed by atoms with Gasteiger partial charge in [0, 0.05) is 25.7 Å². The Kier molecular flexibility index (Phi) is 4.30. The molecule has 1 heterocycles. The molecule has 5 nitrogen and oxygen atoms in total. The summed E-state index contributed by atoms with van der Waals surface area (Å²) in [7, 11) is 1.55. The fourth-order valence-electron chi connectivity index (χ4n) is 1.86. The molecule has 0 radical (unpaired) electrons. The van der Waals surface area contributed by atoms with Gasteiger partial charge in [0.05, 0.1) is 16.6 Å². The number of amides is 2. The summed E-state index contributed by atoms with van der Waals surface area (Å²) in [6.07, 6.45) is 0. The van der Waals surface area contributed by atoms with Crippen molar-refractivity contribution in [3.63, 3.8) is 0 Å². The molecule has 2 rings (SSSR count). The van der Waals surface area contributed by atoms with Gasteiger partial charge in [0.2, 0.25) is 0 Å². The van der Waals surface area contributed by atoms with Crippen LogP contribution in [0.3, 0.4) is 0 Å². The Morgan fingerprint density at radius 3 is 2.50 bits per heavy atom. The van der Waals surface area contributed by atoms with E-state index < -0.39 is 11.8 Å². The lowest BCUT2D eigenvalue weighted by Crippen LogP contribution is -2.53. The third-order valence-electron chi connectivity index (χ3n) is 3.10. The smallest absolute Gasteiger partial charge is 0.312 e. The molecule has 1 aromatic carbocycles. The van der Waals surface area contributed by atoms with Gasteiger partial charge < -0.3 is 9.80 Å². The first-order valence-electron chi connectivity index (χ1n) is 5.93. The molecule has 1 aliphatic heterocycles. The number of rotatable bonds is 3. The highest BCUT2D eigenvalue weighted by Gasteiger charge is 2.31. The molecule has 0 saturated carbocycles. The molecule has 0 unspecified atom stereocenters. The summed E-state index contributed by atoms with van der Waals surface area (Å²) in [5, 5.41) is 0.632. The zero-order valence-corrected chi connectivity index (χ0v) is 12.2. The molecule has 0 aromatic heterocycles. The van der Waals surface area contributed by atoms with Crippen LogP contribution >= 0.6 is 23.2 Å². The molecule has 1 aliphatic rings. The number of carbonyl (C=O) groups is 3. The van der Waals surface area contributed by atoms with Gasteiger partial charge in [-0.25, -0.2) is 0 Å². The van der Waals surface area contributed by atoms with E-state index in [0.29, 0.717) is 23.7 Å². The van der Waals surface area contributed by atoms with Crippen molar-refractivity contribution in [1.29, 1.82) is 0 Å². The van der Waals surface area contributed by atoms with E-state index in [2.05, 4.69) is 0 Å². The standard InChI is InChI=1S/C13H12Cl2N2O3/c1-16-4-5-17(13(20)12(16)19)7-11(18)8-2-3-9(14)10(15)6-8/h2-3,6H,4-5,7H2,1H3. The molecule has 0 N–H and O–H groups in total. The fraction of sp³-hybridized carbons (Fsp3) is 0.308. The van der Waals surface area contributed by atoms with E-state index in [1.807, 2.05) is 0 Å². The topological polar surface area (TPSA) is 57.7 Å². The molecule has 1 fully saturated rings. The Balaban J connectivity index is 2.10. The van der Waals surface area contributed by atoms with Crippen molar-refractivity contribution in [2.45, 2.75) is 0 Å². The van der Waals surface area contributed by atoms with E-state index in [1.165, 1.54) is 21.9 Å². The lowest BCUT2D eigenvalue weighted by Gasteiger charge is -2.30. The number of benzene rings is 1. The molecule has 1 saturated heterocycles. The van der Waals surface area contributed by atoms with Crippen LogP contribution in [-0.4, -0.2) is 54.1 Å². The van der Waals surface area contributed by atoms with Crippen LogP contribution in [0.15, 0.2) is 18.2 Å². The summed E-state index contributed by atoms with van der Waals surface area (Å²) in [5.74, 6) is -1.54. The SMILES string of the molecule is CN1CCN(CC(=O)c2ccc(Cl)c(Cl)c2)C(=O)C1=O. The predicted octanol–water partition coefficient (Wildman–Crippen LogP) is 1.48. The number of hydrogen-bond acceptors (Lipinski definition) is 3. The lowest BCUT2D eigenvalue weighted by atomic mass is 10.1. The van der Waals surface area contributed by atoms with Crippen molar-refractivity contribution in [2.24, 2.45) is 0 Å². The Morgan fingerprint density at radius 2 is 1.85 bits per heavy atom. The number of likely N-dealkylation sites (N-methyl/N-ethyl adjacent to an activating group) is 1. The summed E-state index contributed by atoms with van der Waals surface area (Å²) >= 11 is 11.6. The minimum Gasteiger partial charge on any atom is -0.336 e. The first kappa shape index (κ1) is 14.8. The van der Waals surface area contributed by atoms with Gasteiger partial charge in [0.1, 0.15) is 0 Å². The first-order valence-corrected chi connectivity index (χ1v) is 6.68. The van der Waals surface area contributed by atoms with Crippen molar-refractivity contribution < 1.29 is 14.4 Å². The minimum atomic E-state index is -0.660. The molecule has 20 heavy (non-hydrogen) atoms. The number of ketones is 1. The van der Waals surface area contributed by atoms with Gasteiger partial charge in [-0.2, -0.15) is 0 Å². The van der Waals surface area contributed by atoms with Crippen LogP contribution in [0, 0.1) is 0 Å². The quantitative estimate of drug-likeness (QED) is 0.627. The van der Waals surface area contributed by atoms with Crippen LogP contribution in [0.1, 0.15) is 10.4 Å². The third kappa shape index (κ3) is 2.94. The summed E-state index contributed by atoms with van der Waals surface area (Å²) in [6.45, 7) is 0.615. The van der Waals surface area contributed by atoms with Gasteiger partial charge in [-0.15, -0.1) is 0 Å². The Labute approximate surface area is 126 Å². The summed E-state index contributed by atoms with van der Waals surface area (Å²) < 4.78 is 0. The molecule has 0 aliphatic carbocycles. The van der Waals surface area contributed by atoms with E-state index in [1.54, 1.807) is 13.1 Å². The maximum atomic E-state index is 12.1. The van der Waals surface area contributed by atoms with E-state index in [9.17, 15) is 14.4 Å². The molecule has 0 bridgehead atoms. The van der Waals surface area contributed by atoms with Crippen LogP contribution in [0.25, 0.3) is 0 Å². The van der Waals surface area contributed by atoms with Crippen molar-refractivity contribution in [2.75, 3.05) is 26.7 Å². The average Bonchev–Trinajstić information content (AvgIpc) is 2.42. The zero-order chi connectivity index (χ0) is 14.9. The monoisotopic (exact) mass is 314 g/mol. The van der Waals surface area contributed by atoms with E-state index >= 15 is 0 Å². The largest absolute Gasteiger partial charge is 0.336 e. The van der Waals surface area contributed by atoms with E-state index in [4.69, 9.17) is 23.2 Å². The molecular formula is C13H12Cl2N2O3. The second-order valence-electron chi connectivity index (χ2n) is 4.51. The van der Waals surface area contributed by atoms with Crippen molar-refractivity contribution in [3.8, 4) is 0 Å². The highest BCUT2D eigenvalue weighted by Crippen LogP contribution is 2.23. The first-order chi connectivity index (χ1) is 9.40. The number of carbonyl (C=O) groups excluding carboxylic acids is 3. The molecule has 2 amide bonds. The molecule has 1 aromatic rings. The van der Waals surface area contributed by atoms with Crippen LogP contribution in [-0.2, 0) is 9.59 Å². The van der Waals surface area contributed by atoms with Gasteiger partial charge >= 0.3 is 11.8 Å². The highest BCUT2D eigenvalue weighted by atomic mass is 35.5. The fourth-order valence-corrected chi connectivity index (χ4v) is 2.16. The van der Waals surface area contributed by atoms with Gasteiger partial charge in [0.15, 0.2) is 5.78 Å². The lowest BCUT2D eigenvalue weighted by molar-refractivity contribution is -0.154. The average molecular weight is 315 g/mol. The van der Waals surface area contributed by atoms with Gasteiger partial charge in [0.25, 0.3) is 0 Å². The Morgan fingerprint density at radius 1 is 1.15 bits per heavy atom. The summed E-state index contributed by atoms with van der Waals surface area (Å²) in [6, 6.07) is 4.52. The number of Topliss-reactive ketones (excluding diaryl/α,β-unsaturated/α-hetero) is 1. The third-order valence-corrected chi connectivity index (χ3v) is 3.84. The highest BCUT2D eigenvalue weighted by molar-refractivity contribution is 6.42. The molecule has 106 valence electrons. The second kappa shape index (κ2) is 5.81. The molecular weight excluding hydrogens is 303 g/mol. The summed E-state index contributed by atoms with van der Waals surface area (Å²) in [4.78, 5) is 38.0. The van der Waals surface area contributed by atoms with Crippen LogP contribution in [0.4, 0.5) is 0 Å². The number of hydrogen-bond donors (Lipinski definition) is 0. The predicted molar refractivity (Wildman–Crippen MR) is 75.0 cm³/mol. The van der Waals surface area contributed by atoms with Crippen LogP contribution in [0.5, 0.6) is 0 Å². The van der Waals surface area contributed by atoms with Crippen molar-refractivity contribution in [3.05, 3.63) is 33.8 Å². The van der Waals surface area contributed by atoms with Gasteiger partial charge in [-0.1, -0.05) is 23.2 Å². The van der Waals surface area contributed by atoms with Crippen molar-refractivity contribution in [1.82, 2.24) is 9.80 Å². The number of halogens is 2. The van der Waals surface area contributed by atoms with Crippen LogP contribution < -0.4 is 0 Å². The second-order valence-corrected chi connectivity index (χ2v) is 5.32. The van der Waals surface area contributed by atoms with E-state index in [-0.39, 0.29) is 17.4 Å². The molecule has 0 spiro atoms. The van der Waals surface area contributed by atoms with Crippen molar-refractivity contribution >= 4 is 40.8 Å². The maximum Gasteiger partial charge on any atom is 0.312 e. The zero-order valence-electron chi connectivity index (χ0n) is 10.7.